The van der Waals surface area contributed by atoms with E-state index in [0.29, 0.717) is 23.1 Å². The highest BCUT2D eigenvalue weighted by Gasteiger charge is 2.43. The first-order valence-electron chi connectivity index (χ1n) is 15.4. The number of nitrogens with zero attached hydrogens (tertiary/aromatic N) is 4. The number of nitrogen functional groups attached to an aromatic ring is 1. The molecule has 2 fully saturated rings. The SMILES string of the molecule is Cc1ccc(-n2nc(C(C)(C)C)cc2NC(=O)Nc2cccc(CC3CC4CCC(C3)N4C(=O)c3ccc(N)nc3)c2)cc1. The minimum Gasteiger partial charge on any atom is -0.384 e. The number of benzene rings is 2. The van der Waals surface area contributed by atoms with Crippen LogP contribution in [0.2, 0.25) is 0 Å². The molecular weight excluding hydrogens is 550 g/mol. The van der Waals surface area contributed by atoms with E-state index >= 15 is 0 Å². The Balaban J connectivity index is 1.10. The number of hydrogen-bond acceptors (Lipinski definition) is 5. The summed E-state index contributed by atoms with van der Waals surface area (Å²) in [4.78, 5) is 32.7. The zero-order valence-corrected chi connectivity index (χ0v) is 25.9. The number of nitrogens with two attached hydrogens (primary N) is 1. The number of urea groups is 1. The van der Waals surface area contributed by atoms with Crippen LogP contribution in [0.3, 0.4) is 0 Å². The molecule has 0 aliphatic carbocycles. The van der Waals surface area contributed by atoms with Crippen LogP contribution in [0.1, 0.15) is 73.6 Å². The summed E-state index contributed by atoms with van der Waals surface area (Å²) in [6.07, 6.45) is 6.51. The summed E-state index contributed by atoms with van der Waals surface area (Å²) in [5, 5.41) is 10.9. The minimum atomic E-state index is -0.321. The molecular formula is C35H41N7O2. The van der Waals surface area contributed by atoms with Crippen molar-refractivity contribution in [3.63, 3.8) is 0 Å². The fraction of sp³-hybridized carbons (Fsp3) is 0.371. The van der Waals surface area contributed by atoms with Gasteiger partial charge in [-0.3, -0.25) is 10.1 Å². The van der Waals surface area contributed by atoms with Crippen LogP contribution in [0, 0.1) is 12.8 Å². The van der Waals surface area contributed by atoms with Gasteiger partial charge in [0.15, 0.2) is 0 Å². The fourth-order valence-electron chi connectivity index (χ4n) is 6.58. The third-order valence-electron chi connectivity index (χ3n) is 8.81. The van der Waals surface area contributed by atoms with Gasteiger partial charge >= 0.3 is 6.03 Å². The molecule has 2 aliphatic heterocycles. The number of amides is 3. The summed E-state index contributed by atoms with van der Waals surface area (Å²) in [6, 6.07) is 21.7. The predicted molar refractivity (Wildman–Crippen MR) is 174 cm³/mol. The van der Waals surface area contributed by atoms with Gasteiger partial charge in [0.1, 0.15) is 11.6 Å². The zero-order valence-electron chi connectivity index (χ0n) is 25.9. The zero-order chi connectivity index (χ0) is 31.0. The first kappa shape index (κ1) is 29.4. The Morgan fingerprint density at radius 1 is 0.955 bits per heavy atom. The molecule has 2 saturated heterocycles. The highest BCUT2D eigenvalue weighted by atomic mass is 16.2. The first-order chi connectivity index (χ1) is 21.0. The highest BCUT2D eigenvalue weighted by Crippen LogP contribution is 2.41. The van der Waals surface area contributed by atoms with E-state index in [2.05, 4.69) is 53.4 Å². The Morgan fingerprint density at radius 2 is 1.68 bits per heavy atom. The molecule has 0 saturated carbocycles. The van der Waals surface area contributed by atoms with Crippen molar-refractivity contribution < 1.29 is 9.59 Å². The molecule has 0 spiro atoms. The van der Waals surface area contributed by atoms with Crippen molar-refractivity contribution in [3.05, 3.63) is 95.3 Å². The molecule has 3 amide bonds. The highest BCUT2D eigenvalue weighted by molar-refractivity contribution is 5.99. The summed E-state index contributed by atoms with van der Waals surface area (Å²) < 4.78 is 1.78. The normalized spacial score (nSPS) is 19.5. The number of hydrogen-bond donors (Lipinski definition) is 3. The van der Waals surface area contributed by atoms with Crippen LogP contribution in [-0.4, -0.2) is 43.7 Å². The molecule has 228 valence electrons. The number of carbonyl (C=O) groups is 2. The molecule has 4 heterocycles. The molecule has 2 unspecified atom stereocenters. The van der Waals surface area contributed by atoms with E-state index in [0.717, 1.165) is 54.7 Å². The number of rotatable bonds is 6. The Morgan fingerprint density at radius 3 is 2.34 bits per heavy atom. The van der Waals surface area contributed by atoms with Crippen LogP contribution in [0.15, 0.2) is 72.9 Å². The Bertz CT molecular complexity index is 1640. The van der Waals surface area contributed by atoms with Gasteiger partial charge in [-0.05, 0) is 86.9 Å². The molecule has 2 aliphatic rings. The lowest BCUT2D eigenvalue weighted by molar-refractivity contribution is 0.0524. The van der Waals surface area contributed by atoms with Gasteiger partial charge < -0.3 is 16.0 Å². The van der Waals surface area contributed by atoms with Crippen molar-refractivity contribution in [2.75, 3.05) is 16.4 Å². The monoisotopic (exact) mass is 591 g/mol. The summed E-state index contributed by atoms with van der Waals surface area (Å²) in [7, 11) is 0. The van der Waals surface area contributed by atoms with Gasteiger partial charge in [-0.25, -0.2) is 14.5 Å². The van der Waals surface area contributed by atoms with E-state index in [9.17, 15) is 9.59 Å². The van der Waals surface area contributed by atoms with E-state index in [1.165, 1.54) is 5.56 Å². The van der Waals surface area contributed by atoms with Gasteiger partial charge in [0.25, 0.3) is 5.91 Å². The van der Waals surface area contributed by atoms with Gasteiger partial charge in [-0.15, -0.1) is 0 Å². The number of aryl methyl sites for hydroxylation is 1. The molecule has 44 heavy (non-hydrogen) atoms. The molecule has 2 aromatic carbocycles. The van der Waals surface area contributed by atoms with E-state index in [1.54, 1.807) is 23.0 Å². The van der Waals surface area contributed by atoms with Crippen LogP contribution in [0.25, 0.3) is 5.69 Å². The summed E-state index contributed by atoms with van der Waals surface area (Å²) in [6.45, 7) is 8.36. The van der Waals surface area contributed by atoms with Crippen molar-refractivity contribution in [1.29, 1.82) is 0 Å². The summed E-state index contributed by atoms with van der Waals surface area (Å²) >= 11 is 0. The van der Waals surface area contributed by atoms with Crippen molar-refractivity contribution in [2.45, 2.75) is 77.3 Å². The Hall–Kier alpha value is -4.66. The molecule has 9 heteroatoms. The topological polar surface area (TPSA) is 118 Å². The Kier molecular flexibility index (Phi) is 7.88. The molecule has 9 nitrogen and oxygen atoms in total. The summed E-state index contributed by atoms with van der Waals surface area (Å²) in [5.41, 5.74) is 11.0. The standard InChI is InChI=1S/C35H41N7O2/c1-22-8-11-27(12-9-22)42-32(20-30(40-42)35(2,3)4)39-34(44)38-26-7-5-6-23(17-26)16-24-18-28-13-14-29(19-24)41(28)33(43)25-10-15-31(36)37-21-25/h5-12,15,17,20-21,24,28-29H,13-14,16,18-19H2,1-4H3,(H2,36,37)(H2,38,39,44). The van der Waals surface area contributed by atoms with Crippen molar-refractivity contribution in [2.24, 2.45) is 5.92 Å². The van der Waals surface area contributed by atoms with Crippen LogP contribution in [-0.2, 0) is 11.8 Å². The maximum absolute atomic E-state index is 13.3. The van der Waals surface area contributed by atoms with Crippen molar-refractivity contribution in [1.82, 2.24) is 19.7 Å². The first-order valence-corrected chi connectivity index (χ1v) is 15.4. The number of fused-ring (bicyclic) bond motifs is 2. The lowest BCUT2D eigenvalue weighted by Crippen LogP contribution is -2.46. The number of nitrogens with one attached hydrogen (secondary N) is 2. The maximum Gasteiger partial charge on any atom is 0.324 e. The van der Waals surface area contributed by atoms with Crippen molar-refractivity contribution >= 4 is 29.3 Å². The maximum atomic E-state index is 13.3. The van der Waals surface area contributed by atoms with Gasteiger partial charge in [0.2, 0.25) is 0 Å². The van der Waals surface area contributed by atoms with Gasteiger partial charge in [0, 0.05) is 35.4 Å². The second-order valence-corrected chi connectivity index (χ2v) is 13.3. The predicted octanol–water partition coefficient (Wildman–Crippen LogP) is 6.73. The van der Waals surface area contributed by atoms with Crippen molar-refractivity contribution in [3.8, 4) is 5.69 Å². The number of aromatic nitrogens is 3. The molecule has 2 atom stereocenters. The van der Waals surface area contributed by atoms with Crippen LogP contribution in [0.4, 0.5) is 22.1 Å². The molecule has 4 N–H and O–H groups in total. The largest absolute Gasteiger partial charge is 0.384 e. The lowest BCUT2D eigenvalue weighted by atomic mass is 9.85. The average Bonchev–Trinajstić information content (AvgIpc) is 3.52. The number of piperidine rings is 1. The van der Waals surface area contributed by atoms with Crippen LogP contribution in [0.5, 0.6) is 0 Å². The molecule has 2 bridgehead atoms. The Labute approximate surface area is 258 Å². The quantitative estimate of drug-likeness (QED) is 0.230. The van der Waals surface area contributed by atoms with Gasteiger partial charge in [0.05, 0.1) is 16.9 Å². The van der Waals surface area contributed by atoms with E-state index in [1.807, 2.05) is 49.4 Å². The van der Waals surface area contributed by atoms with Gasteiger partial charge in [-0.2, -0.15) is 5.10 Å². The summed E-state index contributed by atoms with van der Waals surface area (Å²) in [5.74, 6) is 1.56. The second kappa shape index (κ2) is 11.8. The average molecular weight is 592 g/mol. The third-order valence-corrected chi connectivity index (χ3v) is 8.81. The number of carbonyl (C=O) groups excluding carboxylic acids is 2. The van der Waals surface area contributed by atoms with E-state index < -0.39 is 0 Å². The minimum absolute atomic E-state index is 0.0546. The van der Waals surface area contributed by atoms with E-state index in [4.69, 9.17) is 10.8 Å². The smallest absolute Gasteiger partial charge is 0.324 e. The molecule has 0 radical (unpaired) electrons. The molecule has 2 aromatic heterocycles. The fourth-order valence-corrected chi connectivity index (χ4v) is 6.58. The lowest BCUT2D eigenvalue weighted by Gasteiger charge is -2.39. The van der Waals surface area contributed by atoms with Crippen LogP contribution >= 0.6 is 0 Å². The third kappa shape index (κ3) is 6.32. The van der Waals surface area contributed by atoms with E-state index in [-0.39, 0.29) is 29.4 Å². The van der Waals surface area contributed by atoms with Crippen LogP contribution < -0.4 is 16.4 Å². The number of anilines is 3. The second-order valence-electron chi connectivity index (χ2n) is 13.3. The molecule has 6 rings (SSSR count). The van der Waals surface area contributed by atoms with Gasteiger partial charge in [-0.1, -0.05) is 50.6 Å². The number of pyridine rings is 1. The molecule has 4 aromatic rings.